The molecule has 354 valence electrons. The molecule has 10 nitrogen and oxygen atoms in total. The second-order valence-electron chi connectivity index (χ2n) is 20.0. The summed E-state index contributed by atoms with van der Waals surface area (Å²) in [5.74, 6) is 2.34. The van der Waals surface area contributed by atoms with Crippen LogP contribution in [0.15, 0.2) is 115 Å². The molecule has 0 aromatic heterocycles. The molecule has 0 unspecified atom stereocenters. The molecule has 0 spiro atoms. The van der Waals surface area contributed by atoms with Crippen molar-refractivity contribution in [1.29, 1.82) is 0 Å². The number of carbonyl (C=O) groups excluding carboxylic acids is 2. The summed E-state index contributed by atoms with van der Waals surface area (Å²) < 4.78 is 47.1. The zero-order valence-corrected chi connectivity index (χ0v) is 44.3. The third-order valence-electron chi connectivity index (χ3n) is 11.6. The van der Waals surface area contributed by atoms with E-state index in [9.17, 15) is 9.59 Å². The van der Waals surface area contributed by atoms with Crippen LogP contribution < -0.4 is 28.4 Å². The summed E-state index contributed by atoms with van der Waals surface area (Å²) in [6.45, 7) is 24.1. The number of carbonyl (C=O) groups is 2. The van der Waals surface area contributed by atoms with Crippen LogP contribution in [0.3, 0.4) is 0 Å². The first-order chi connectivity index (χ1) is 31.0. The van der Waals surface area contributed by atoms with Crippen molar-refractivity contribution in [2.45, 2.75) is 123 Å². The molecule has 5 aromatic carbocycles. The maximum atomic E-state index is 12.8. The SMILES string of the molecule is COc1cc(CCC[Si](C)(C)O[Si](C)(C)O[Si](C)(C)CCCc2ccc(OC(=O)Oc3ccc(C(C)(C)c4ccccc4)cc3)c(OC)c2)ccc1OC(=O)Oc1ccc(C(C)(C)C)cc1. The summed E-state index contributed by atoms with van der Waals surface area (Å²) in [6, 6.07) is 38.4. The van der Waals surface area contributed by atoms with Crippen LogP contribution in [-0.2, 0) is 31.9 Å². The number of rotatable bonds is 20. The molecule has 66 heavy (non-hydrogen) atoms. The van der Waals surface area contributed by atoms with Crippen LogP contribution in [0.25, 0.3) is 0 Å². The van der Waals surface area contributed by atoms with E-state index in [-0.39, 0.29) is 10.8 Å². The molecule has 0 saturated heterocycles. The molecule has 0 saturated carbocycles. The van der Waals surface area contributed by atoms with Gasteiger partial charge in [-0.1, -0.05) is 101 Å². The fraction of sp³-hybridized carbons (Fsp3) is 0.396. The highest BCUT2D eigenvalue weighted by Gasteiger charge is 2.39. The minimum absolute atomic E-state index is 0.00203. The molecule has 0 aliphatic rings. The molecule has 0 heterocycles. The molecule has 0 amide bonds. The first kappa shape index (κ1) is 51.8. The highest BCUT2D eigenvalue weighted by Crippen LogP contribution is 2.35. The first-order valence-corrected chi connectivity index (χ1v) is 31.8. The van der Waals surface area contributed by atoms with Crippen molar-refractivity contribution < 1.29 is 46.2 Å². The van der Waals surface area contributed by atoms with Crippen LogP contribution >= 0.6 is 0 Å². The molecular formula is C53H70O10Si3. The maximum Gasteiger partial charge on any atom is 0.519 e. The number of hydrogen-bond acceptors (Lipinski definition) is 10. The average molecular weight is 951 g/mol. The summed E-state index contributed by atoms with van der Waals surface area (Å²) in [4.78, 5) is 25.4. The number of aryl methyl sites for hydroxylation is 2. The molecule has 5 aromatic rings. The zero-order chi connectivity index (χ0) is 48.3. The number of ether oxygens (including phenoxy) is 6. The lowest BCUT2D eigenvalue weighted by Crippen LogP contribution is -2.52. The van der Waals surface area contributed by atoms with E-state index in [1.165, 1.54) is 5.56 Å². The Hall–Kier alpha value is -5.19. The smallest absolute Gasteiger partial charge is 0.493 e. The monoisotopic (exact) mass is 950 g/mol. The lowest BCUT2D eigenvalue weighted by molar-refractivity contribution is 0.149. The van der Waals surface area contributed by atoms with Gasteiger partial charge in [-0.05, 0) is 159 Å². The first-order valence-electron chi connectivity index (χ1n) is 22.8. The van der Waals surface area contributed by atoms with Gasteiger partial charge in [0.2, 0.25) is 0 Å². The van der Waals surface area contributed by atoms with Crippen LogP contribution in [-0.4, -0.2) is 51.7 Å². The molecule has 0 radical (unpaired) electrons. The van der Waals surface area contributed by atoms with E-state index in [2.05, 4.69) is 86.0 Å². The molecule has 0 N–H and O–H groups in total. The fourth-order valence-electron chi connectivity index (χ4n) is 8.19. The highest BCUT2D eigenvalue weighted by atomic mass is 28.5. The van der Waals surface area contributed by atoms with E-state index in [4.69, 9.17) is 36.7 Å². The second-order valence-corrected chi connectivity index (χ2v) is 32.5. The Morgan fingerprint density at radius 1 is 0.470 bits per heavy atom. The van der Waals surface area contributed by atoms with E-state index < -0.39 is 37.5 Å². The van der Waals surface area contributed by atoms with Gasteiger partial charge < -0.3 is 36.7 Å². The van der Waals surface area contributed by atoms with Crippen molar-refractivity contribution in [3.63, 3.8) is 0 Å². The van der Waals surface area contributed by atoms with Crippen molar-refractivity contribution in [2.75, 3.05) is 14.2 Å². The largest absolute Gasteiger partial charge is 0.519 e. The van der Waals surface area contributed by atoms with Gasteiger partial charge in [-0.15, -0.1) is 0 Å². The fourth-order valence-corrected chi connectivity index (χ4v) is 22.3. The van der Waals surface area contributed by atoms with Crippen LogP contribution in [0.4, 0.5) is 9.59 Å². The summed E-state index contributed by atoms with van der Waals surface area (Å²) in [5.41, 5.74) is 5.40. The van der Waals surface area contributed by atoms with E-state index in [0.717, 1.165) is 60.0 Å². The van der Waals surface area contributed by atoms with Crippen molar-refractivity contribution in [2.24, 2.45) is 0 Å². The average Bonchev–Trinajstić information content (AvgIpc) is 3.24. The molecule has 0 fully saturated rings. The molecular weight excluding hydrogens is 881 g/mol. The summed E-state index contributed by atoms with van der Waals surface area (Å²) in [5, 5.41) is 0. The van der Waals surface area contributed by atoms with Crippen molar-refractivity contribution in [1.82, 2.24) is 0 Å². The summed E-state index contributed by atoms with van der Waals surface area (Å²) in [6.07, 6.45) is 1.87. The Labute approximate surface area is 396 Å². The van der Waals surface area contributed by atoms with E-state index >= 15 is 0 Å². The van der Waals surface area contributed by atoms with Crippen LogP contribution in [0.2, 0.25) is 51.4 Å². The lowest BCUT2D eigenvalue weighted by Gasteiger charge is -2.39. The van der Waals surface area contributed by atoms with Crippen molar-refractivity contribution in [3.8, 4) is 34.5 Å². The summed E-state index contributed by atoms with van der Waals surface area (Å²) >= 11 is 0. The Balaban J connectivity index is 1.05. The van der Waals surface area contributed by atoms with Gasteiger partial charge in [-0.2, -0.15) is 0 Å². The van der Waals surface area contributed by atoms with Gasteiger partial charge in [0.05, 0.1) is 14.2 Å². The number of benzene rings is 5. The van der Waals surface area contributed by atoms with Gasteiger partial charge in [0.15, 0.2) is 39.6 Å². The third-order valence-corrected chi connectivity index (χ3v) is 23.0. The van der Waals surface area contributed by atoms with E-state index in [0.29, 0.717) is 34.5 Å². The molecule has 13 heteroatoms. The van der Waals surface area contributed by atoms with E-state index in [1.807, 2.05) is 66.7 Å². The Morgan fingerprint density at radius 2 is 0.864 bits per heavy atom. The predicted octanol–water partition coefficient (Wildman–Crippen LogP) is 14.2. The van der Waals surface area contributed by atoms with Gasteiger partial charge in [0, 0.05) is 5.41 Å². The molecule has 0 aliphatic heterocycles. The van der Waals surface area contributed by atoms with Gasteiger partial charge in [0.25, 0.3) is 0 Å². The molecule has 5 rings (SSSR count). The predicted molar refractivity (Wildman–Crippen MR) is 270 cm³/mol. The molecule has 0 aliphatic carbocycles. The highest BCUT2D eigenvalue weighted by molar-refractivity contribution is 6.87. The van der Waals surface area contributed by atoms with Crippen LogP contribution in [0, 0.1) is 0 Å². The molecule has 0 bridgehead atoms. The lowest BCUT2D eigenvalue weighted by atomic mass is 9.78. The topological polar surface area (TPSA) is 108 Å². The third kappa shape index (κ3) is 15.4. The van der Waals surface area contributed by atoms with Gasteiger partial charge in [-0.25, -0.2) is 9.59 Å². The Kier molecular flexibility index (Phi) is 17.3. The number of hydrogen-bond donors (Lipinski definition) is 0. The van der Waals surface area contributed by atoms with Crippen LogP contribution in [0.5, 0.6) is 34.5 Å². The number of methoxy groups -OCH3 is 2. The van der Waals surface area contributed by atoms with Gasteiger partial charge >= 0.3 is 20.9 Å². The minimum atomic E-state index is -2.44. The Morgan fingerprint density at radius 3 is 1.26 bits per heavy atom. The maximum absolute atomic E-state index is 12.8. The van der Waals surface area contributed by atoms with Crippen LogP contribution in [0.1, 0.15) is 75.3 Å². The minimum Gasteiger partial charge on any atom is -0.493 e. The Bertz CT molecular complexity index is 2370. The van der Waals surface area contributed by atoms with Gasteiger partial charge in [0.1, 0.15) is 11.5 Å². The normalized spacial score (nSPS) is 12.3. The second kappa shape index (κ2) is 22.1. The quantitative estimate of drug-likeness (QED) is 0.0425. The summed E-state index contributed by atoms with van der Waals surface area (Å²) in [7, 11) is -3.46. The van der Waals surface area contributed by atoms with Crippen molar-refractivity contribution in [3.05, 3.63) is 143 Å². The standard InChI is InChI=1S/C53H70O10Si3/c1-52(2,3)41-25-29-44(30-26-41)58-50(54)60-46-33-23-39(37-48(46)56-6)19-17-35-64(8,9)62-66(12,13)63-65(10,11)36-18-20-40-24-34-47(49(38-40)57-7)61-51(55)59-45-31-27-43(28-32-45)53(4,5)42-21-15-14-16-22-42/h14-16,21-34,37-38H,17-20,35-36H2,1-13H3. The van der Waals surface area contributed by atoms with Crippen molar-refractivity contribution >= 4 is 37.5 Å². The van der Waals surface area contributed by atoms with Gasteiger partial charge in [-0.3, -0.25) is 0 Å². The zero-order valence-electron chi connectivity index (χ0n) is 41.3. The molecule has 0 atom stereocenters. The van der Waals surface area contributed by atoms with E-state index in [1.54, 1.807) is 50.6 Å².